The van der Waals surface area contributed by atoms with E-state index in [2.05, 4.69) is 4.74 Å². The van der Waals surface area contributed by atoms with Gasteiger partial charge in [0.15, 0.2) is 0 Å². The van der Waals surface area contributed by atoms with Crippen LogP contribution in [-0.4, -0.2) is 12.9 Å². The standard InChI is InChI=1S/C16H22F3NO/c1-14(2,3)12-6-11(9-15(10-20)4-5-15)7-13(8-12)21-16(17,18)19/h6-8H,4-5,9-10,20H2,1-3H3. The quantitative estimate of drug-likeness (QED) is 0.906. The highest BCUT2D eigenvalue weighted by Crippen LogP contribution is 2.48. The van der Waals surface area contributed by atoms with E-state index in [1.54, 1.807) is 0 Å². The molecule has 0 aromatic heterocycles. The van der Waals surface area contributed by atoms with Crippen LogP contribution in [0.2, 0.25) is 0 Å². The number of hydrogen-bond acceptors (Lipinski definition) is 2. The molecule has 2 N–H and O–H groups in total. The molecule has 0 bridgehead atoms. The molecule has 118 valence electrons. The van der Waals surface area contributed by atoms with Gasteiger partial charge < -0.3 is 10.5 Å². The van der Waals surface area contributed by atoms with Gasteiger partial charge in [0.05, 0.1) is 0 Å². The molecule has 2 nitrogen and oxygen atoms in total. The lowest BCUT2D eigenvalue weighted by atomic mass is 9.84. The molecule has 21 heavy (non-hydrogen) atoms. The van der Waals surface area contributed by atoms with E-state index >= 15 is 0 Å². The first-order chi connectivity index (χ1) is 9.53. The van der Waals surface area contributed by atoms with Crippen molar-refractivity contribution in [2.24, 2.45) is 11.1 Å². The van der Waals surface area contributed by atoms with Crippen LogP contribution in [0.15, 0.2) is 18.2 Å². The van der Waals surface area contributed by atoms with Gasteiger partial charge in [-0.15, -0.1) is 13.2 Å². The Morgan fingerprint density at radius 3 is 2.19 bits per heavy atom. The number of ether oxygens (including phenoxy) is 1. The van der Waals surface area contributed by atoms with Crippen LogP contribution in [0.5, 0.6) is 5.75 Å². The van der Waals surface area contributed by atoms with Gasteiger partial charge in [-0.25, -0.2) is 0 Å². The summed E-state index contributed by atoms with van der Waals surface area (Å²) in [6.07, 6.45) is -1.88. The molecular weight excluding hydrogens is 279 g/mol. The first-order valence-electron chi connectivity index (χ1n) is 7.13. The lowest BCUT2D eigenvalue weighted by molar-refractivity contribution is -0.274. The van der Waals surface area contributed by atoms with Crippen LogP contribution in [0.25, 0.3) is 0 Å². The molecule has 0 amide bonds. The molecule has 0 heterocycles. The van der Waals surface area contributed by atoms with E-state index in [0.717, 1.165) is 24.0 Å². The van der Waals surface area contributed by atoms with Gasteiger partial charge in [-0.05, 0) is 59.9 Å². The molecule has 2 rings (SSSR count). The van der Waals surface area contributed by atoms with Crippen LogP contribution in [0.4, 0.5) is 13.2 Å². The minimum absolute atomic E-state index is 0.0754. The molecule has 1 fully saturated rings. The maximum Gasteiger partial charge on any atom is 0.573 e. The summed E-state index contributed by atoms with van der Waals surface area (Å²) in [6.45, 7) is 6.49. The summed E-state index contributed by atoms with van der Waals surface area (Å²) in [7, 11) is 0. The minimum atomic E-state index is -4.67. The maximum atomic E-state index is 12.5. The molecule has 0 saturated heterocycles. The van der Waals surface area contributed by atoms with Crippen molar-refractivity contribution >= 4 is 0 Å². The van der Waals surface area contributed by atoms with Crippen LogP contribution in [0.1, 0.15) is 44.7 Å². The average molecular weight is 301 g/mol. The average Bonchev–Trinajstić information content (AvgIpc) is 3.05. The third-order valence-corrected chi connectivity index (χ3v) is 4.04. The van der Waals surface area contributed by atoms with Crippen LogP contribution in [0.3, 0.4) is 0 Å². The number of hydrogen-bond donors (Lipinski definition) is 1. The van der Waals surface area contributed by atoms with Gasteiger partial charge in [0.1, 0.15) is 5.75 Å². The van der Waals surface area contributed by atoms with E-state index in [0.29, 0.717) is 13.0 Å². The molecule has 0 atom stereocenters. The fraction of sp³-hybridized carbons (Fsp3) is 0.625. The molecule has 1 saturated carbocycles. The third-order valence-electron chi connectivity index (χ3n) is 4.04. The number of benzene rings is 1. The summed E-state index contributed by atoms with van der Waals surface area (Å²) in [4.78, 5) is 0. The second kappa shape index (κ2) is 5.20. The topological polar surface area (TPSA) is 35.2 Å². The van der Waals surface area contributed by atoms with E-state index in [-0.39, 0.29) is 16.6 Å². The monoisotopic (exact) mass is 301 g/mol. The minimum Gasteiger partial charge on any atom is -0.406 e. The SMILES string of the molecule is CC(C)(C)c1cc(CC2(CN)CC2)cc(OC(F)(F)F)c1. The van der Waals surface area contributed by atoms with Crippen molar-refractivity contribution in [1.29, 1.82) is 0 Å². The Labute approximate surface area is 123 Å². The highest BCUT2D eigenvalue weighted by molar-refractivity contribution is 5.38. The van der Waals surface area contributed by atoms with Crippen LogP contribution in [0, 0.1) is 5.41 Å². The first-order valence-corrected chi connectivity index (χ1v) is 7.13. The zero-order valence-electron chi connectivity index (χ0n) is 12.7. The second-order valence-corrected chi connectivity index (χ2v) is 7.04. The molecule has 1 aliphatic rings. The van der Waals surface area contributed by atoms with Crippen LogP contribution >= 0.6 is 0 Å². The number of alkyl halides is 3. The Morgan fingerprint density at radius 2 is 1.76 bits per heavy atom. The molecular formula is C16H22F3NO. The number of halogens is 3. The van der Waals surface area contributed by atoms with Crippen molar-refractivity contribution < 1.29 is 17.9 Å². The van der Waals surface area contributed by atoms with Crippen molar-refractivity contribution in [2.75, 3.05) is 6.54 Å². The van der Waals surface area contributed by atoms with E-state index in [4.69, 9.17) is 5.73 Å². The van der Waals surface area contributed by atoms with E-state index in [1.807, 2.05) is 26.8 Å². The predicted octanol–water partition coefficient (Wildman–Crippen LogP) is 4.16. The highest BCUT2D eigenvalue weighted by atomic mass is 19.4. The highest BCUT2D eigenvalue weighted by Gasteiger charge is 2.41. The summed E-state index contributed by atoms with van der Waals surface area (Å²) in [5.74, 6) is -0.141. The molecule has 0 unspecified atom stereocenters. The van der Waals surface area contributed by atoms with Crippen molar-refractivity contribution in [3.63, 3.8) is 0 Å². The first kappa shape index (κ1) is 16.1. The van der Waals surface area contributed by atoms with Gasteiger partial charge in [-0.3, -0.25) is 0 Å². The van der Waals surface area contributed by atoms with Crippen molar-refractivity contribution in [1.82, 2.24) is 0 Å². The van der Waals surface area contributed by atoms with Crippen molar-refractivity contribution in [3.8, 4) is 5.75 Å². The Hall–Kier alpha value is -1.23. The summed E-state index contributed by atoms with van der Waals surface area (Å²) in [5.41, 5.74) is 7.31. The Bertz CT molecular complexity index is 513. The summed E-state index contributed by atoms with van der Waals surface area (Å²) in [5, 5.41) is 0. The van der Waals surface area contributed by atoms with Crippen LogP contribution < -0.4 is 10.5 Å². The Morgan fingerprint density at radius 1 is 1.14 bits per heavy atom. The zero-order chi connectivity index (χ0) is 15.9. The normalized spacial score (nSPS) is 17.7. The molecule has 0 spiro atoms. The summed E-state index contributed by atoms with van der Waals surface area (Å²) < 4.78 is 41.5. The molecule has 5 heteroatoms. The largest absolute Gasteiger partial charge is 0.573 e. The van der Waals surface area contributed by atoms with Gasteiger partial charge >= 0.3 is 6.36 Å². The van der Waals surface area contributed by atoms with Gasteiger partial charge in [0, 0.05) is 0 Å². The fourth-order valence-corrected chi connectivity index (χ4v) is 2.45. The second-order valence-electron chi connectivity index (χ2n) is 7.04. The number of rotatable bonds is 4. The predicted molar refractivity (Wildman–Crippen MR) is 76.3 cm³/mol. The molecule has 1 aliphatic carbocycles. The maximum absolute atomic E-state index is 12.5. The zero-order valence-corrected chi connectivity index (χ0v) is 12.7. The van der Waals surface area contributed by atoms with Crippen LogP contribution in [-0.2, 0) is 11.8 Å². The van der Waals surface area contributed by atoms with E-state index in [9.17, 15) is 13.2 Å². The van der Waals surface area contributed by atoms with E-state index < -0.39 is 6.36 Å². The smallest absolute Gasteiger partial charge is 0.406 e. The Balaban J connectivity index is 2.33. The fourth-order valence-electron chi connectivity index (χ4n) is 2.45. The molecule has 0 radical (unpaired) electrons. The van der Waals surface area contributed by atoms with Crippen molar-refractivity contribution in [3.05, 3.63) is 29.3 Å². The lowest BCUT2D eigenvalue weighted by Gasteiger charge is -2.23. The molecule has 1 aromatic rings. The van der Waals surface area contributed by atoms with Crippen molar-refractivity contribution in [2.45, 2.75) is 51.8 Å². The molecule has 0 aliphatic heterocycles. The van der Waals surface area contributed by atoms with Gasteiger partial charge in [-0.1, -0.05) is 26.8 Å². The number of nitrogens with two attached hydrogens (primary N) is 1. The van der Waals surface area contributed by atoms with Gasteiger partial charge in [0.2, 0.25) is 0 Å². The third kappa shape index (κ3) is 4.37. The Kier molecular flexibility index (Phi) is 4.00. The molecule has 1 aromatic carbocycles. The summed E-state index contributed by atoms with van der Waals surface area (Å²) in [6, 6.07) is 4.93. The van der Waals surface area contributed by atoms with E-state index in [1.165, 1.54) is 12.1 Å². The lowest BCUT2D eigenvalue weighted by Crippen LogP contribution is -2.20. The van der Waals surface area contributed by atoms with Gasteiger partial charge in [-0.2, -0.15) is 0 Å². The van der Waals surface area contributed by atoms with Gasteiger partial charge in [0.25, 0.3) is 0 Å². The summed E-state index contributed by atoms with van der Waals surface area (Å²) >= 11 is 0.